The standard InChI is InChI=1S/C16H20ClNO3/c1-3-16(15(20)21)6-8-18(9-7-16)14(19)12-5-4-11(2)10-13(12)17/h4-5,10H,3,6-9H2,1-2H3,(H,20,21). The molecule has 0 unspecified atom stereocenters. The Morgan fingerprint density at radius 2 is 1.95 bits per heavy atom. The second-order valence-electron chi connectivity index (χ2n) is 5.71. The third-order valence-electron chi connectivity index (χ3n) is 4.49. The van der Waals surface area contributed by atoms with Crippen LogP contribution < -0.4 is 0 Å². The van der Waals surface area contributed by atoms with Crippen LogP contribution in [0.3, 0.4) is 0 Å². The molecule has 5 heteroatoms. The van der Waals surface area contributed by atoms with Crippen LogP contribution in [0.4, 0.5) is 0 Å². The molecule has 21 heavy (non-hydrogen) atoms. The van der Waals surface area contributed by atoms with Crippen molar-refractivity contribution in [2.45, 2.75) is 33.1 Å². The fourth-order valence-electron chi connectivity index (χ4n) is 2.82. The normalized spacial score (nSPS) is 17.6. The first-order chi connectivity index (χ1) is 9.89. The van der Waals surface area contributed by atoms with Gasteiger partial charge in [-0.05, 0) is 43.9 Å². The molecule has 1 aliphatic heterocycles. The molecule has 1 heterocycles. The van der Waals surface area contributed by atoms with Crippen LogP contribution >= 0.6 is 11.6 Å². The number of hydrogen-bond acceptors (Lipinski definition) is 2. The van der Waals surface area contributed by atoms with Crippen molar-refractivity contribution in [3.8, 4) is 0 Å². The van der Waals surface area contributed by atoms with Gasteiger partial charge in [-0.25, -0.2) is 0 Å². The van der Waals surface area contributed by atoms with Crippen LogP contribution in [-0.2, 0) is 4.79 Å². The topological polar surface area (TPSA) is 57.6 Å². The number of carboxylic acids is 1. The van der Waals surface area contributed by atoms with E-state index in [2.05, 4.69) is 0 Å². The minimum atomic E-state index is -0.759. The van der Waals surface area contributed by atoms with E-state index in [0.29, 0.717) is 42.9 Å². The number of rotatable bonds is 3. The summed E-state index contributed by atoms with van der Waals surface area (Å²) in [4.78, 5) is 25.6. The van der Waals surface area contributed by atoms with Crippen molar-refractivity contribution >= 4 is 23.5 Å². The number of likely N-dealkylation sites (tertiary alicyclic amines) is 1. The number of piperidine rings is 1. The van der Waals surface area contributed by atoms with Crippen LogP contribution in [-0.4, -0.2) is 35.0 Å². The Kier molecular flexibility index (Phi) is 4.57. The van der Waals surface area contributed by atoms with Crippen molar-refractivity contribution in [3.05, 3.63) is 34.3 Å². The van der Waals surface area contributed by atoms with Crippen molar-refractivity contribution in [3.63, 3.8) is 0 Å². The molecule has 0 spiro atoms. The smallest absolute Gasteiger partial charge is 0.309 e. The maximum absolute atomic E-state index is 12.5. The van der Waals surface area contributed by atoms with Gasteiger partial charge in [-0.2, -0.15) is 0 Å². The summed E-state index contributed by atoms with van der Waals surface area (Å²) in [6, 6.07) is 5.36. The van der Waals surface area contributed by atoms with E-state index in [1.807, 2.05) is 19.9 Å². The maximum atomic E-state index is 12.5. The number of carbonyl (C=O) groups excluding carboxylic acids is 1. The van der Waals surface area contributed by atoms with Gasteiger partial charge in [0.2, 0.25) is 0 Å². The van der Waals surface area contributed by atoms with Crippen LogP contribution in [0.15, 0.2) is 18.2 Å². The molecule has 1 amide bonds. The van der Waals surface area contributed by atoms with E-state index in [1.165, 1.54) is 0 Å². The van der Waals surface area contributed by atoms with Crippen molar-refractivity contribution in [1.82, 2.24) is 4.90 Å². The number of nitrogens with zero attached hydrogens (tertiary/aromatic N) is 1. The van der Waals surface area contributed by atoms with Gasteiger partial charge in [0.25, 0.3) is 5.91 Å². The second kappa shape index (κ2) is 6.06. The summed E-state index contributed by atoms with van der Waals surface area (Å²) >= 11 is 6.14. The zero-order valence-corrected chi connectivity index (χ0v) is 13.1. The van der Waals surface area contributed by atoms with E-state index >= 15 is 0 Å². The zero-order valence-electron chi connectivity index (χ0n) is 12.4. The zero-order chi connectivity index (χ0) is 15.6. The van der Waals surface area contributed by atoms with E-state index in [9.17, 15) is 14.7 Å². The van der Waals surface area contributed by atoms with Crippen LogP contribution in [0.5, 0.6) is 0 Å². The summed E-state index contributed by atoms with van der Waals surface area (Å²) in [6.07, 6.45) is 1.58. The molecule has 1 fully saturated rings. The average molecular weight is 310 g/mol. The number of halogens is 1. The van der Waals surface area contributed by atoms with E-state index in [4.69, 9.17) is 11.6 Å². The Morgan fingerprint density at radius 3 is 2.43 bits per heavy atom. The van der Waals surface area contributed by atoms with E-state index in [-0.39, 0.29) is 5.91 Å². The molecule has 0 saturated carbocycles. The lowest BCUT2D eigenvalue weighted by Crippen LogP contribution is -2.46. The highest BCUT2D eigenvalue weighted by atomic mass is 35.5. The molecule has 114 valence electrons. The van der Waals surface area contributed by atoms with Crippen LogP contribution in [0.1, 0.15) is 42.1 Å². The molecule has 0 aromatic heterocycles. The van der Waals surface area contributed by atoms with Crippen LogP contribution in [0.2, 0.25) is 5.02 Å². The highest BCUT2D eigenvalue weighted by Crippen LogP contribution is 2.35. The quantitative estimate of drug-likeness (QED) is 0.931. The summed E-state index contributed by atoms with van der Waals surface area (Å²) in [5, 5.41) is 9.83. The first kappa shape index (κ1) is 15.8. The van der Waals surface area contributed by atoms with Gasteiger partial charge in [-0.3, -0.25) is 9.59 Å². The fourth-order valence-corrected chi connectivity index (χ4v) is 3.14. The third-order valence-corrected chi connectivity index (χ3v) is 4.81. The minimum absolute atomic E-state index is 0.116. The molecule has 1 saturated heterocycles. The largest absolute Gasteiger partial charge is 0.481 e. The molecule has 0 aliphatic carbocycles. The number of amides is 1. The van der Waals surface area contributed by atoms with Crippen LogP contribution in [0, 0.1) is 12.3 Å². The number of aliphatic carboxylic acids is 1. The van der Waals surface area contributed by atoms with Gasteiger partial charge >= 0.3 is 5.97 Å². The molecule has 1 aromatic rings. The first-order valence-corrected chi connectivity index (χ1v) is 7.56. The summed E-state index contributed by atoms with van der Waals surface area (Å²) < 4.78 is 0. The van der Waals surface area contributed by atoms with Gasteiger partial charge in [-0.15, -0.1) is 0 Å². The third kappa shape index (κ3) is 3.05. The van der Waals surface area contributed by atoms with Crippen molar-refractivity contribution < 1.29 is 14.7 Å². The molecular weight excluding hydrogens is 290 g/mol. The molecular formula is C16H20ClNO3. The van der Waals surface area contributed by atoms with Crippen LogP contribution in [0.25, 0.3) is 0 Å². The fraction of sp³-hybridized carbons (Fsp3) is 0.500. The number of carbonyl (C=O) groups is 2. The van der Waals surface area contributed by atoms with Gasteiger partial charge in [0.15, 0.2) is 0 Å². The molecule has 0 bridgehead atoms. The Labute approximate surface area is 129 Å². The molecule has 4 nitrogen and oxygen atoms in total. The Hall–Kier alpha value is -1.55. The van der Waals surface area contributed by atoms with Gasteiger partial charge in [-0.1, -0.05) is 24.6 Å². The molecule has 0 radical (unpaired) electrons. The number of hydrogen-bond donors (Lipinski definition) is 1. The highest BCUT2D eigenvalue weighted by Gasteiger charge is 2.41. The number of benzene rings is 1. The maximum Gasteiger partial charge on any atom is 0.309 e. The predicted molar refractivity (Wildman–Crippen MR) is 81.7 cm³/mol. The number of carboxylic acid groups (broad SMARTS) is 1. The van der Waals surface area contributed by atoms with Crippen molar-refractivity contribution in [2.24, 2.45) is 5.41 Å². The Balaban J connectivity index is 2.12. The predicted octanol–water partition coefficient (Wildman–Crippen LogP) is 3.37. The molecule has 1 aliphatic rings. The van der Waals surface area contributed by atoms with Gasteiger partial charge in [0, 0.05) is 13.1 Å². The average Bonchev–Trinajstić information content (AvgIpc) is 2.46. The second-order valence-corrected chi connectivity index (χ2v) is 6.12. The molecule has 0 atom stereocenters. The lowest BCUT2D eigenvalue weighted by Gasteiger charge is -2.38. The minimum Gasteiger partial charge on any atom is -0.481 e. The summed E-state index contributed by atoms with van der Waals surface area (Å²) in [5.41, 5.74) is 0.807. The highest BCUT2D eigenvalue weighted by molar-refractivity contribution is 6.33. The monoisotopic (exact) mass is 309 g/mol. The van der Waals surface area contributed by atoms with E-state index in [0.717, 1.165) is 5.56 Å². The summed E-state index contributed by atoms with van der Waals surface area (Å²) in [5.74, 6) is -0.874. The van der Waals surface area contributed by atoms with Gasteiger partial charge in [0.1, 0.15) is 0 Å². The van der Waals surface area contributed by atoms with E-state index in [1.54, 1.807) is 17.0 Å². The lowest BCUT2D eigenvalue weighted by molar-refractivity contribution is -0.152. The summed E-state index contributed by atoms with van der Waals surface area (Å²) in [6.45, 7) is 4.73. The molecule has 1 aromatic carbocycles. The van der Waals surface area contributed by atoms with Gasteiger partial charge in [0.05, 0.1) is 16.0 Å². The van der Waals surface area contributed by atoms with E-state index < -0.39 is 11.4 Å². The first-order valence-electron chi connectivity index (χ1n) is 7.18. The van der Waals surface area contributed by atoms with Crippen molar-refractivity contribution in [1.29, 1.82) is 0 Å². The SMILES string of the molecule is CCC1(C(=O)O)CCN(C(=O)c2ccc(C)cc2Cl)CC1. The lowest BCUT2D eigenvalue weighted by atomic mass is 9.76. The van der Waals surface area contributed by atoms with Crippen molar-refractivity contribution in [2.75, 3.05) is 13.1 Å². The summed E-state index contributed by atoms with van der Waals surface area (Å²) in [7, 11) is 0. The Morgan fingerprint density at radius 1 is 1.33 bits per heavy atom. The Bertz CT molecular complexity index is 563. The van der Waals surface area contributed by atoms with Gasteiger partial charge < -0.3 is 10.0 Å². The molecule has 1 N–H and O–H groups in total. The number of aryl methyl sites for hydroxylation is 1. The molecule has 2 rings (SSSR count).